The lowest BCUT2D eigenvalue weighted by molar-refractivity contribution is 0.396. The molecule has 0 radical (unpaired) electrons. The molecule has 3 nitrogen and oxygen atoms in total. The average molecular weight is 279 g/mol. The van der Waals surface area contributed by atoms with E-state index in [-0.39, 0.29) is 0 Å². The van der Waals surface area contributed by atoms with Crippen molar-refractivity contribution in [1.82, 2.24) is 3.71 Å². The fourth-order valence-electron chi connectivity index (χ4n) is 1.18. The molecule has 0 heterocycles. The molecule has 2 atom stereocenters. The molecule has 1 aromatic rings. The molecule has 2 unspecified atom stereocenters. The summed E-state index contributed by atoms with van der Waals surface area (Å²) in [7, 11) is 3.11. The summed E-state index contributed by atoms with van der Waals surface area (Å²) in [6, 6.07) is 9.06. The van der Waals surface area contributed by atoms with Gasteiger partial charge in [-0.3, -0.25) is 4.78 Å². The topological polar surface area (TPSA) is 44.2 Å². The van der Waals surface area contributed by atoms with E-state index in [1.807, 2.05) is 39.0 Å². The van der Waals surface area contributed by atoms with E-state index in [1.165, 1.54) is 3.71 Å². The van der Waals surface area contributed by atoms with Crippen LogP contribution in [0.15, 0.2) is 35.2 Å². The molecule has 0 aromatic heterocycles. The van der Waals surface area contributed by atoms with Crippen LogP contribution in [-0.4, -0.2) is 13.5 Å². The molecular formula is C10H15ClN2OS2. The Morgan fingerprint density at radius 2 is 1.75 bits per heavy atom. The second kappa shape index (κ2) is 5.40. The minimum atomic E-state index is -1.39. The Labute approximate surface area is 106 Å². The highest BCUT2D eigenvalue weighted by Crippen LogP contribution is 2.24. The van der Waals surface area contributed by atoms with E-state index in [9.17, 15) is 4.21 Å². The lowest BCUT2D eigenvalue weighted by atomic mass is 10.1. The first-order chi connectivity index (χ1) is 7.34. The third kappa shape index (κ3) is 3.38. The molecule has 6 heteroatoms. The number of benzene rings is 1. The highest BCUT2D eigenvalue weighted by atomic mass is 35.7. The Morgan fingerprint density at radius 3 is 2.12 bits per heavy atom. The highest BCUT2D eigenvalue weighted by Gasteiger charge is 2.30. The van der Waals surface area contributed by atoms with Gasteiger partial charge in [0, 0.05) is 5.54 Å². The molecule has 90 valence electrons. The van der Waals surface area contributed by atoms with Gasteiger partial charge >= 0.3 is 0 Å². The molecule has 1 N–H and O–H groups in total. The monoisotopic (exact) mass is 278 g/mol. The van der Waals surface area contributed by atoms with Crippen molar-refractivity contribution in [2.45, 2.75) is 31.2 Å². The molecule has 1 rings (SSSR count). The zero-order valence-corrected chi connectivity index (χ0v) is 11.8. The van der Waals surface area contributed by atoms with Gasteiger partial charge in [0.25, 0.3) is 0 Å². The van der Waals surface area contributed by atoms with Crippen molar-refractivity contribution in [3.8, 4) is 0 Å². The van der Waals surface area contributed by atoms with Crippen molar-refractivity contribution < 1.29 is 4.21 Å². The molecular weight excluding hydrogens is 264 g/mol. The molecule has 0 aliphatic carbocycles. The third-order valence-corrected chi connectivity index (χ3v) is 5.66. The van der Waals surface area contributed by atoms with Crippen molar-refractivity contribution in [2.24, 2.45) is 0 Å². The fourth-order valence-corrected chi connectivity index (χ4v) is 4.56. The minimum absolute atomic E-state index is 0.409. The quantitative estimate of drug-likeness (QED) is 0.906. The number of hydrogen-bond donors (Lipinski definition) is 1. The zero-order valence-electron chi connectivity index (χ0n) is 9.44. The largest absolute Gasteiger partial charge is 0.251 e. The van der Waals surface area contributed by atoms with Crippen LogP contribution >= 0.6 is 10.7 Å². The maximum atomic E-state index is 12.3. The van der Waals surface area contributed by atoms with Crippen molar-refractivity contribution in [1.29, 1.82) is 4.78 Å². The van der Waals surface area contributed by atoms with Crippen LogP contribution in [0.25, 0.3) is 0 Å². The van der Waals surface area contributed by atoms with E-state index in [0.717, 1.165) is 0 Å². The van der Waals surface area contributed by atoms with Crippen LogP contribution in [0.5, 0.6) is 0 Å². The van der Waals surface area contributed by atoms with E-state index < -0.39 is 26.6 Å². The number of rotatable bonds is 3. The second-order valence-electron chi connectivity index (χ2n) is 4.23. The van der Waals surface area contributed by atoms with Gasteiger partial charge in [-0.15, -0.1) is 3.71 Å². The average Bonchev–Trinajstić information content (AvgIpc) is 2.16. The molecule has 1 aromatic carbocycles. The molecule has 0 saturated carbocycles. The van der Waals surface area contributed by atoms with Crippen LogP contribution in [-0.2, 0) is 21.1 Å². The minimum Gasteiger partial charge on any atom is -0.251 e. The van der Waals surface area contributed by atoms with E-state index in [0.29, 0.717) is 4.90 Å². The van der Waals surface area contributed by atoms with Gasteiger partial charge in [-0.2, -0.15) is 0 Å². The normalized spacial score (nSPS) is 16.1. The van der Waals surface area contributed by atoms with Crippen LogP contribution in [0.3, 0.4) is 0 Å². The molecule has 16 heavy (non-hydrogen) atoms. The van der Waals surface area contributed by atoms with Gasteiger partial charge in [0.1, 0.15) is 11.0 Å². The predicted octanol–water partition coefficient (Wildman–Crippen LogP) is 3.26. The van der Waals surface area contributed by atoms with Gasteiger partial charge in [0.15, 0.2) is 0 Å². The first kappa shape index (κ1) is 13.8. The fraction of sp³-hybridized carbons (Fsp3) is 0.400. The molecule has 0 fully saturated rings. The van der Waals surface area contributed by atoms with Crippen LogP contribution in [0.4, 0.5) is 0 Å². The molecule has 0 spiro atoms. The van der Waals surface area contributed by atoms with Crippen LogP contribution in [0, 0.1) is 4.78 Å². The summed E-state index contributed by atoms with van der Waals surface area (Å²) in [4.78, 5) is 0.669. The van der Waals surface area contributed by atoms with Crippen LogP contribution < -0.4 is 0 Å². The summed E-state index contributed by atoms with van der Waals surface area (Å²) < 4.78 is 21.4. The van der Waals surface area contributed by atoms with E-state index in [2.05, 4.69) is 0 Å². The summed E-state index contributed by atoms with van der Waals surface area (Å²) in [5, 5.41) is 0. The molecule has 0 bridgehead atoms. The van der Waals surface area contributed by atoms with Crippen LogP contribution in [0.2, 0.25) is 0 Å². The first-order valence-electron chi connectivity index (χ1n) is 4.73. The Kier molecular flexibility index (Phi) is 4.67. The maximum absolute atomic E-state index is 12.3. The van der Waals surface area contributed by atoms with Crippen molar-refractivity contribution >= 4 is 31.8 Å². The Morgan fingerprint density at radius 1 is 1.25 bits per heavy atom. The van der Waals surface area contributed by atoms with Crippen molar-refractivity contribution in [3.05, 3.63) is 30.3 Å². The number of nitrogens with one attached hydrogen (secondary N) is 1. The molecule has 0 aliphatic rings. The summed E-state index contributed by atoms with van der Waals surface area (Å²) in [5.41, 5.74) is -0.409. The SMILES string of the molecule is CC(C)(C)N(S(=N)Cl)S(=O)c1ccccc1. The van der Waals surface area contributed by atoms with Crippen molar-refractivity contribution in [3.63, 3.8) is 0 Å². The molecule has 0 amide bonds. The Balaban J connectivity index is 3.07. The van der Waals surface area contributed by atoms with E-state index >= 15 is 0 Å². The summed E-state index contributed by atoms with van der Waals surface area (Å²) in [6.45, 7) is 5.68. The van der Waals surface area contributed by atoms with Crippen molar-refractivity contribution in [2.75, 3.05) is 0 Å². The predicted molar refractivity (Wildman–Crippen MR) is 70.4 cm³/mol. The summed E-state index contributed by atoms with van der Waals surface area (Å²) >= 11 is 0. The van der Waals surface area contributed by atoms with Crippen LogP contribution in [0.1, 0.15) is 20.8 Å². The van der Waals surface area contributed by atoms with E-state index in [4.69, 9.17) is 15.5 Å². The first-order valence-corrected chi connectivity index (χ1v) is 7.84. The summed E-state index contributed by atoms with van der Waals surface area (Å²) in [6.07, 6.45) is 0. The lowest BCUT2D eigenvalue weighted by Crippen LogP contribution is -2.41. The Hall–Kier alpha value is -0.230. The van der Waals surface area contributed by atoms with E-state index in [1.54, 1.807) is 12.1 Å². The third-order valence-electron chi connectivity index (χ3n) is 1.79. The standard InChI is InChI=1S/C10H15ClN2OS2/c1-10(2,3)13(16(11)12)15(14)9-7-5-4-6-8-9/h4-8,12H,1-3H3. The highest BCUT2D eigenvalue weighted by molar-refractivity contribution is 8.13. The zero-order chi connectivity index (χ0) is 12.3. The maximum Gasteiger partial charge on any atom is 0.139 e. The van der Waals surface area contributed by atoms with Gasteiger partial charge < -0.3 is 0 Å². The van der Waals surface area contributed by atoms with Gasteiger partial charge in [-0.1, -0.05) is 18.2 Å². The second-order valence-corrected chi connectivity index (χ2v) is 7.51. The molecule has 0 saturated heterocycles. The van der Waals surface area contributed by atoms with Gasteiger partial charge in [0.2, 0.25) is 0 Å². The number of halogens is 1. The smallest absolute Gasteiger partial charge is 0.139 e. The van der Waals surface area contributed by atoms with Gasteiger partial charge in [-0.25, -0.2) is 4.21 Å². The van der Waals surface area contributed by atoms with Gasteiger partial charge in [-0.05, 0) is 43.6 Å². The lowest BCUT2D eigenvalue weighted by Gasteiger charge is -2.31. The van der Waals surface area contributed by atoms with Gasteiger partial charge in [0.05, 0.1) is 15.0 Å². The number of hydrogen-bond acceptors (Lipinski definition) is 2. The Bertz CT molecular complexity index is 403. The summed E-state index contributed by atoms with van der Waals surface area (Å²) in [5.74, 6) is 0. The molecule has 0 aliphatic heterocycles. The number of nitrogens with zero attached hydrogens (tertiary/aromatic N) is 1.